The molecule has 1 heterocycles. The van der Waals surface area contributed by atoms with E-state index in [1.807, 2.05) is 61.2 Å². The number of hydrogen-bond acceptors (Lipinski definition) is 3. The molecule has 0 saturated carbocycles. The topological polar surface area (TPSA) is 61.9 Å². The van der Waals surface area contributed by atoms with Crippen LogP contribution in [0.15, 0.2) is 46.9 Å². The molecular weight excluding hydrogens is 446 g/mol. The summed E-state index contributed by atoms with van der Waals surface area (Å²) in [6, 6.07) is 13.2. The van der Waals surface area contributed by atoms with Gasteiger partial charge < -0.3 is 19.9 Å². The van der Waals surface area contributed by atoms with Gasteiger partial charge in [-0.3, -0.25) is 4.79 Å². The quantitative estimate of drug-likeness (QED) is 0.716. The van der Waals surface area contributed by atoms with Gasteiger partial charge in [-0.1, -0.05) is 23.8 Å². The van der Waals surface area contributed by atoms with Crippen molar-refractivity contribution in [1.29, 1.82) is 0 Å². The lowest BCUT2D eigenvalue weighted by atomic mass is 10.1. The van der Waals surface area contributed by atoms with E-state index in [2.05, 4.69) is 21.2 Å². The Balaban J connectivity index is 1.58. The number of amides is 3. The lowest BCUT2D eigenvalue weighted by Gasteiger charge is -2.25. The van der Waals surface area contributed by atoms with Gasteiger partial charge in [0.15, 0.2) is 0 Å². The third kappa shape index (κ3) is 5.33. The Morgan fingerprint density at radius 1 is 1.07 bits per heavy atom. The van der Waals surface area contributed by atoms with Gasteiger partial charge in [-0.05, 0) is 66.0 Å². The summed E-state index contributed by atoms with van der Waals surface area (Å²) in [6.45, 7) is 6.26. The molecule has 2 aromatic carbocycles. The van der Waals surface area contributed by atoms with E-state index in [4.69, 9.17) is 4.74 Å². The second kappa shape index (κ2) is 9.98. The molecule has 1 aliphatic heterocycles. The molecule has 0 bridgehead atoms. The van der Waals surface area contributed by atoms with E-state index >= 15 is 0 Å². The summed E-state index contributed by atoms with van der Waals surface area (Å²) >= 11 is 3.49. The molecule has 1 fully saturated rings. The number of carbonyl (C=O) groups excluding carboxylic acids is 2. The minimum absolute atomic E-state index is 0.0254. The number of ether oxygens (including phenoxy) is 1. The van der Waals surface area contributed by atoms with E-state index < -0.39 is 0 Å². The van der Waals surface area contributed by atoms with Crippen LogP contribution in [-0.4, -0.2) is 55.0 Å². The smallest absolute Gasteiger partial charge is 0.317 e. The minimum atomic E-state index is -0.145. The van der Waals surface area contributed by atoms with Crippen molar-refractivity contribution in [3.63, 3.8) is 0 Å². The van der Waals surface area contributed by atoms with Crippen LogP contribution in [0.3, 0.4) is 0 Å². The standard InChI is InChI=1S/C23H28BrN3O3/c1-16-6-4-7-19(14-16)22(28)26-10-5-11-27(13-12-26)23(29)25-17(2)18-8-9-21(30-3)20(24)15-18/h4,6-9,14-15,17H,5,10-13H2,1-3H3,(H,25,29). The summed E-state index contributed by atoms with van der Waals surface area (Å²) in [5, 5.41) is 3.06. The van der Waals surface area contributed by atoms with Gasteiger partial charge in [0, 0.05) is 31.7 Å². The van der Waals surface area contributed by atoms with Crippen molar-refractivity contribution in [3.8, 4) is 5.75 Å². The highest BCUT2D eigenvalue weighted by atomic mass is 79.9. The van der Waals surface area contributed by atoms with Crippen LogP contribution < -0.4 is 10.1 Å². The first-order chi connectivity index (χ1) is 14.4. The molecule has 1 aliphatic rings. The summed E-state index contributed by atoms with van der Waals surface area (Å²) in [5.74, 6) is 0.778. The van der Waals surface area contributed by atoms with Gasteiger partial charge in [-0.2, -0.15) is 0 Å². The minimum Gasteiger partial charge on any atom is -0.496 e. The SMILES string of the molecule is COc1ccc(C(C)NC(=O)N2CCCN(C(=O)c3cccc(C)c3)CC2)cc1Br. The summed E-state index contributed by atoms with van der Waals surface area (Å²) in [6.07, 6.45) is 0.757. The molecule has 0 aromatic heterocycles. The molecule has 3 rings (SSSR count). The maximum Gasteiger partial charge on any atom is 0.317 e. The lowest BCUT2D eigenvalue weighted by Crippen LogP contribution is -2.43. The van der Waals surface area contributed by atoms with Gasteiger partial charge >= 0.3 is 6.03 Å². The third-order valence-corrected chi connectivity index (χ3v) is 5.97. The van der Waals surface area contributed by atoms with E-state index in [9.17, 15) is 9.59 Å². The fourth-order valence-electron chi connectivity index (χ4n) is 3.60. The van der Waals surface area contributed by atoms with E-state index in [0.717, 1.165) is 27.8 Å². The highest BCUT2D eigenvalue weighted by Crippen LogP contribution is 2.28. The second-order valence-corrected chi connectivity index (χ2v) is 8.42. The van der Waals surface area contributed by atoms with E-state index in [-0.39, 0.29) is 18.0 Å². The number of hydrogen-bond donors (Lipinski definition) is 1. The highest BCUT2D eigenvalue weighted by Gasteiger charge is 2.24. The zero-order valence-corrected chi connectivity index (χ0v) is 19.2. The van der Waals surface area contributed by atoms with Gasteiger partial charge in [0.25, 0.3) is 5.91 Å². The normalized spacial score (nSPS) is 15.3. The zero-order chi connectivity index (χ0) is 21.7. The first-order valence-corrected chi connectivity index (χ1v) is 10.9. The third-order valence-electron chi connectivity index (χ3n) is 5.35. The van der Waals surface area contributed by atoms with Gasteiger partial charge in [0.2, 0.25) is 0 Å². The average molecular weight is 474 g/mol. The van der Waals surface area contributed by atoms with Gasteiger partial charge in [0.1, 0.15) is 5.75 Å². The highest BCUT2D eigenvalue weighted by molar-refractivity contribution is 9.10. The molecule has 0 aliphatic carbocycles. The Labute approximate surface area is 186 Å². The van der Waals surface area contributed by atoms with Gasteiger partial charge in [-0.25, -0.2) is 4.79 Å². The number of carbonyl (C=O) groups is 2. The van der Waals surface area contributed by atoms with Crippen molar-refractivity contribution in [3.05, 3.63) is 63.6 Å². The Morgan fingerprint density at radius 2 is 1.80 bits per heavy atom. The van der Waals surface area contributed by atoms with Gasteiger partial charge in [0.05, 0.1) is 17.6 Å². The Kier molecular flexibility index (Phi) is 7.37. The van der Waals surface area contributed by atoms with E-state index in [0.29, 0.717) is 31.7 Å². The Hall–Kier alpha value is -2.54. The molecule has 2 aromatic rings. The molecule has 1 atom stereocenters. The van der Waals surface area contributed by atoms with Crippen molar-refractivity contribution in [2.75, 3.05) is 33.3 Å². The Bertz CT molecular complexity index is 918. The maximum atomic E-state index is 12.8. The van der Waals surface area contributed by atoms with Crippen molar-refractivity contribution < 1.29 is 14.3 Å². The average Bonchev–Trinajstić information content (AvgIpc) is 2.99. The first-order valence-electron chi connectivity index (χ1n) is 10.1. The van der Waals surface area contributed by atoms with E-state index in [1.54, 1.807) is 12.0 Å². The van der Waals surface area contributed by atoms with E-state index in [1.165, 1.54) is 0 Å². The predicted molar refractivity (Wildman–Crippen MR) is 121 cm³/mol. The summed E-state index contributed by atoms with van der Waals surface area (Å²) in [7, 11) is 1.62. The largest absolute Gasteiger partial charge is 0.496 e. The van der Waals surface area contributed by atoms with Crippen molar-refractivity contribution >= 4 is 27.9 Å². The molecule has 3 amide bonds. The van der Waals surface area contributed by atoms with Crippen LogP contribution in [0.1, 0.15) is 40.9 Å². The zero-order valence-electron chi connectivity index (χ0n) is 17.7. The molecule has 0 spiro atoms. The molecule has 0 radical (unpaired) electrons. The van der Waals surface area contributed by atoms with Crippen LogP contribution in [0.4, 0.5) is 4.79 Å². The molecule has 160 valence electrons. The fourth-order valence-corrected chi connectivity index (χ4v) is 4.15. The molecule has 1 saturated heterocycles. The number of methoxy groups -OCH3 is 1. The molecule has 1 unspecified atom stereocenters. The van der Waals surface area contributed by atoms with Crippen molar-refractivity contribution in [1.82, 2.24) is 15.1 Å². The van der Waals surface area contributed by atoms with Crippen LogP contribution in [0, 0.1) is 6.92 Å². The van der Waals surface area contributed by atoms with Crippen LogP contribution in [-0.2, 0) is 0 Å². The first kappa shape index (κ1) is 22.2. The molecule has 1 N–H and O–H groups in total. The van der Waals surface area contributed by atoms with Crippen LogP contribution in [0.25, 0.3) is 0 Å². The van der Waals surface area contributed by atoms with Crippen molar-refractivity contribution in [2.24, 2.45) is 0 Å². The van der Waals surface area contributed by atoms with Crippen LogP contribution >= 0.6 is 15.9 Å². The summed E-state index contributed by atoms with van der Waals surface area (Å²) < 4.78 is 6.11. The van der Waals surface area contributed by atoms with Crippen LogP contribution in [0.5, 0.6) is 5.75 Å². The number of halogens is 1. The molecule has 6 nitrogen and oxygen atoms in total. The predicted octanol–water partition coefficient (Wildman–Crippen LogP) is 4.38. The van der Waals surface area contributed by atoms with Gasteiger partial charge in [-0.15, -0.1) is 0 Å². The number of nitrogens with zero attached hydrogens (tertiary/aromatic N) is 2. The number of rotatable bonds is 4. The monoisotopic (exact) mass is 473 g/mol. The number of benzene rings is 2. The summed E-state index contributed by atoms with van der Waals surface area (Å²) in [4.78, 5) is 29.3. The fraction of sp³-hybridized carbons (Fsp3) is 0.391. The molecular formula is C23H28BrN3O3. The lowest BCUT2D eigenvalue weighted by molar-refractivity contribution is 0.0762. The molecule has 30 heavy (non-hydrogen) atoms. The maximum absolute atomic E-state index is 12.8. The second-order valence-electron chi connectivity index (χ2n) is 7.57. The number of nitrogens with one attached hydrogen (secondary N) is 1. The summed E-state index contributed by atoms with van der Waals surface area (Å²) in [5.41, 5.74) is 2.75. The molecule has 7 heteroatoms. The van der Waals surface area contributed by atoms with Crippen LogP contribution in [0.2, 0.25) is 0 Å². The number of urea groups is 1. The van der Waals surface area contributed by atoms with Crippen molar-refractivity contribution in [2.45, 2.75) is 26.3 Å². The number of aryl methyl sites for hydroxylation is 1. The Morgan fingerprint density at radius 3 is 2.50 bits per heavy atom.